The van der Waals surface area contributed by atoms with Gasteiger partial charge in [0.05, 0.1) is 0 Å². The van der Waals surface area contributed by atoms with E-state index in [2.05, 4.69) is 17.4 Å². The average Bonchev–Trinajstić information content (AvgIpc) is 2.61. The maximum atomic E-state index is 11.4. The largest absolute Gasteiger partial charge is 0.348 e. The predicted molar refractivity (Wildman–Crippen MR) is 55.1 cm³/mol. The van der Waals surface area contributed by atoms with Gasteiger partial charge in [-0.15, -0.1) is 0 Å². The molecule has 1 heterocycles. The van der Waals surface area contributed by atoms with E-state index < -0.39 is 0 Å². The standard InChI is InChI=1S/C12H9NO/c14-12-10-6-5-8-3-1-2-4-9(8)11(10)7-13-12/h1-6H,7H2,(H,13,14). The summed E-state index contributed by atoms with van der Waals surface area (Å²) in [7, 11) is 0. The van der Waals surface area contributed by atoms with Crippen molar-refractivity contribution in [3.63, 3.8) is 0 Å². The van der Waals surface area contributed by atoms with Crippen LogP contribution in [0, 0.1) is 0 Å². The number of hydrogen-bond donors (Lipinski definition) is 1. The van der Waals surface area contributed by atoms with E-state index in [1.807, 2.05) is 24.3 Å². The summed E-state index contributed by atoms with van der Waals surface area (Å²) < 4.78 is 0. The first-order chi connectivity index (χ1) is 6.86. The molecule has 2 nitrogen and oxygen atoms in total. The smallest absolute Gasteiger partial charge is 0.251 e. The van der Waals surface area contributed by atoms with Crippen molar-refractivity contribution in [3.8, 4) is 0 Å². The Morgan fingerprint density at radius 2 is 1.93 bits per heavy atom. The molecule has 3 rings (SSSR count). The minimum Gasteiger partial charge on any atom is -0.348 e. The molecule has 0 aromatic heterocycles. The van der Waals surface area contributed by atoms with Crippen molar-refractivity contribution >= 4 is 16.7 Å². The Morgan fingerprint density at radius 1 is 1.07 bits per heavy atom. The molecular formula is C12H9NO. The van der Waals surface area contributed by atoms with Crippen molar-refractivity contribution in [2.75, 3.05) is 0 Å². The molecule has 2 aromatic rings. The van der Waals surface area contributed by atoms with Crippen LogP contribution < -0.4 is 5.32 Å². The molecule has 0 atom stereocenters. The molecule has 0 spiro atoms. The van der Waals surface area contributed by atoms with Gasteiger partial charge in [0.1, 0.15) is 0 Å². The maximum absolute atomic E-state index is 11.4. The highest BCUT2D eigenvalue weighted by Gasteiger charge is 2.19. The number of fused-ring (bicyclic) bond motifs is 3. The Bertz CT molecular complexity index is 531. The maximum Gasteiger partial charge on any atom is 0.251 e. The molecule has 2 aromatic carbocycles. The van der Waals surface area contributed by atoms with E-state index in [9.17, 15) is 4.79 Å². The Labute approximate surface area is 81.5 Å². The summed E-state index contributed by atoms with van der Waals surface area (Å²) >= 11 is 0. The van der Waals surface area contributed by atoms with Crippen LogP contribution in [-0.2, 0) is 6.54 Å². The fourth-order valence-corrected chi connectivity index (χ4v) is 2.00. The summed E-state index contributed by atoms with van der Waals surface area (Å²) in [5, 5.41) is 5.22. The lowest BCUT2D eigenvalue weighted by atomic mass is 10.0. The molecule has 0 fully saturated rings. The third kappa shape index (κ3) is 0.880. The van der Waals surface area contributed by atoms with Crippen LogP contribution >= 0.6 is 0 Å². The molecular weight excluding hydrogens is 174 g/mol. The van der Waals surface area contributed by atoms with Gasteiger partial charge in [0, 0.05) is 12.1 Å². The quantitative estimate of drug-likeness (QED) is 0.665. The summed E-state index contributed by atoms with van der Waals surface area (Å²) in [4.78, 5) is 11.4. The van der Waals surface area contributed by atoms with Gasteiger partial charge in [-0.05, 0) is 22.4 Å². The number of hydrogen-bond acceptors (Lipinski definition) is 1. The Kier molecular flexibility index (Phi) is 1.39. The molecule has 0 aliphatic carbocycles. The minimum atomic E-state index is 0.0470. The first kappa shape index (κ1) is 7.56. The predicted octanol–water partition coefficient (Wildman–Crippen LogP) is 2.08. The van der Waals surface area contributed by atoms with Gasteiger partial charge in [-0.2, -0.15) is 0 Å². The van der Waals surface area contributed by atoms with Gasteiger partial charge in [-0.3, -0.25) is 4.79 Å². The number of rotatable bonds is 0. The normalized spacial score (nSPS) is 14.1. The van der Waals surface area contributed by atoms with Crippen LogP contribution in [0.5, 0.6) is 0 Å². The lowest BCUT2D eigenvalue weighted by Crippen LogP contribution is -2.12. The van der Waals surface area contributed by atoms with Crippen LogP contribution in [0.15, 0.2) is 36.4 Å². The van der Waals surface area contributed by atoms with Gasteiger partial charge in [0.15, 0.2) is 0 Å². The third-order valence-corrected chi connectivity index (χ3v) is 2.71. The minimum absolute atomic E-state index is 0.0470. The lowest BCUT2D eigenvalue weighted by molar-refractivity contribution is 0.0966. The zero-order valence-corrected chi connectivity index (χ0v) is 7.58. The Hall–Kier alpha value is -1.83. The number of carbonyl (C=O) groups is 1. The molecule has 1 aliphatic heterocycles. The summed E-state index contributed by atoms with van der Waals surface area (Å²) in [6, 6.07) is 12.1. The summed E-state index contributed by atoms with van der Waals surface area (Å²) in [5.74, 6) is 0.0470. The van der Waals surface area contributed by atoms with Crippen LogP contribution in [0.2, 0.25) is 0 Å². The van der Waals surface area contributed by atoms with E-state index in [-0.39, 0.29) is 5.91 Å². The fraction of sp³-hybridized carbons (Fsp3) is 0.0833. The highest BCUT2D eigenvalue weighted by molar-refractivity contribution is 6.04. The van der Waals surface area contributed by atoms with Gasteiger partial charge >= 0.3 is 0 Å². The summed E-state index contributed by atoms with van der Waals surface area (Å²) in [5.41, 5.74) is 1.96. The van der Waals surface area contributed by atoms with Gasteiger partial charge in [0.2, 0.25) is 0 Å². The van der Waals surface area contributed by atoms with Crippen LogP contribution in [0.25, 0.3) is 10.8 Å². The topological polar surface area (TPSA) is 29.1 Å². The first-order valence-electron chi connectivity index (χ1n) is 4.65. The van der Waals surface area contributed by atoms with Gasteiger partial charge < -0.3 is 5.32 Å². The van der Waals surface area contributed by atoms with Crippen molar-refractivity contribution in [1.29, 1.82) is 0 Å². The molecule has 1 amide bonds. The lowest BCUT2D eigenvalue weighted by Gasteiger charge is -2.01. The van der Waals surface area contributed by atoms with E-state index in [1.54, 1.807) is 0 Å². The third-order valence-electron chi connectivity index (χ3n) is 2.71. The molecule has 1 aliphatic rings. The number of carbonyl (C=O) groups excluding carboxylic acids is 1. The highest BCUT2D eigenvalue weighted by Crippen LogP contribution is 2.25. The molecule has 0 radical (unpaired) electrons. The van der Waals surface area contributed by atoms with Crippen LogP contribution in [0.4, 0.5) is 0 Å². The molecule has 0 unspecified atom stereocenters. The molecule has 0 saturated carbocycles. The van der Waals surface area contributed by atoms with E-state index in [4.69, 9.17) is 0 Å². The molecule has 0 saturated heterocycles. The van der Waals surface area contributed by atoms with E-state index in [0.29, 0.717) is 6.54 Å². The summed E-state index contributed by atoms with van der Waals surface area (Å²) in [6.07, 6.45) is 0. The molecule has 0 bridgehead atoms. The van der Waals surface area contributed by atoms with Crippen molar-refractivity contribution in [1.82, 2.24) is 5.32 Å². The molecule has 2 heteroatoms. The van der Waals surface area contributed by atoms with Crippen LogP contribution in [-0.4, -0.2) is 5.91 Å². The summed E-state index contributed by atoms with van der Waals surface area (Å²) in [6.45, 7) is 0.662. The monoisotopic (exact) mass is 183 g/mol. The molecule has 14 heavy (non-hydrogen) atoms. The first-order valence-corrected chi connectivity index (χ1v) is 4.65. The Morgan fingerprint density at radius 3 is 2.86 bits per heavy atom. The SMILES string of the molecule is O=C1NCc2c1ccc1ccccc21. The fourth-order valence-electron chi connectivity index (χ4n) is 2.00. The second-order valence-electron chi connectivity index (χ2n) is 3.50. The van der Waals surface area contributed by atoms with E-state index in [1.165, 1.54) is 10.8 Å². The zero-order chi connectivity index (χ0) is 9.54. The van der Waals surface area contributed by atoms with Crippen LogP contribution in [0.1, 0.15) is 15.9 Å². The number of benzene rings is 2. The van der Waals surface area contributed by atoms with Crippen molar-refractivity contribution in [2.24, 2.45) is 0 Å². The number of nitrogens with one attached hydrogen (secondary N) is 1. The van der Waals surface area contributed by atoms with E-state index in [0.717, 1.165) is 11.1 Å². The molecule has 68 valence electrons. The highest BCUT2D eigenvalue weighted by atomic mass is 16.1. The van der Waals surface area contributed by atoms with Crippen molar-refractivity contribution in [3.05, 3.63) is 47.5 Å². The second kappa shape index (κ2) is 2.58. The van der Waals surface area contributed by atoms with Crippen molar-refractivity contribution < 1.29 is 4.79 Å². The van der Waals surface area contributed by atoms with Gasteiger partial charge in [0.25, 0.3) is 5.91 Å². The Balaban J connectivity index is 2.44. The van der Waals surface area contributed by atoms with Crippen molar-refractivity contribution in [2.45, 2.75) is 6.54 Å². The average molecular weight is 183 g/mol. The van der Waals surface area contributed by atoms with Crippen LogP contribution in [0.3, 0.4) is 0 Å². The second-order valence-corrected chi connectivity index (χ2v) is 3.50. The molecule has 1 N–H and O–H groups in total. The van der Waals surface area contributed by atoms with Gasteiger partial charge in [-0.25, -0.2) is 0 Å². The van der Waals surface area contributed by atoms with Gasteiger partial charge in [-0.1, -0.05) is 30.3 Å². The zero-order valence-electron chi connectivity index (χ0n) is 7.58. The number of amides is 1. The van der Waals surface area contributed by atoms with E-state index >= 15 is 0 Å².